The number of hydrogen-bond donors (Lipinski definition) is 0. The zero-order valence-corrected chi connectivity index (χ0v) is 6.08. The highest BCUT2D eigenvalue weighted by Gasteiger charge is 2.11. The third-order valence-corrected chi connectivity index (χ3v) is 1.33. The summed E-state index contributed by atoms with van der Waals surface area (Å²) >= 11 is 5.38. The van der Waals surface area contributed by atoms with Gasteiger partial charge in [0.2, 0.25) is 5.15 Å². The van der Waals surface area contributed by atoms with Crippen molar-refractivity contribution in [2.45, 2.75) is 0 Å². The summed E-state index contributed by atoms with van der Waals surface area (Å²) in [7, 11) is 5.24. The van der Waals surface area contributed by atoms with Crippen molar-refractivity contribution in [2.24, 2.45) is 0 Å². The molecule has 0 N–H and O–H groups in total. The topological polar surface area (TPSA) is 56.0 Å². The molecule has 0 atom stereocenters. The maximum atomic E-state index is 10.2. The molecule has 2 radical (unpaired) electrons. The zero-order chi connectivity index (χ0) is 8.43. The van der Waals surface area contributed by atoms with Gasteiger partial charge in [-0.05, 0) is 0 Å². The molecule has 0 aliphatic heterocycles. The summed E-state index contributed by atoms with van der Waals surface area (Å²) in [5, 5.41) is 10.1. The number of halogens is 1. The lowest BCUT2D eigenvalue weighted by Crippen LogP contribution is -2.05. The molecule has 4 nitrogen and oxygen atoms in total. The predicted molar refractivity (Wildman–Crippen MR) is 41.3 cm³/mol. The van der Waals surface area contributed by atoms with Crippen LogP contribution in [0.3, 0.4) is 0 Å². The van der Waals surface area contributed by atoms with E-state index < -0.39 is 4.92 Å². The Morgan fingerprint density at radius 1 is 1.73 bits per heavy atom. The highest BCUT2D eigenvalue weighted by Crippen LogP contribution is 2.18. The van der Waals surface area contributed by atoms with Gasteiger partial charge < -0.3 is 0 Å². The second kappa shape index (κ2) is 2.88. The number of pyridine rings is 1. The van der Waals surface area contributed by atoms with Crippen LogP contribution in [0.25, 0.3) is 0 Å². The van der Waals surface area contributed by atoms with Crippen molar-refractivity contribution in [2.75, 3.05) is 0 Å². The minimum atomic E-state index is -0.633. The fourth-order valence-corrected chi connectivity index (χ4v) is 0.752. The van der Waals surface area contributed by atoms with E-state index >= 15 is 0 Å². The average molecular weight is 168 g/mol. The Morgan fingerprint density at radius 3 is 2.82 bits per heavy atom. The van der Waals surface area contributed by atoms with Crippen LogP contribution in [0, 0.1) is 10.1 Å². The Balaban J connectivity index is 3.23. The number of nitro groups is 1. The summed E-state index contributed by atoms with van der Waals surface area (Å²) in [6.07, 6.45) is 1.26. The van der Waals surface area contributed by atoms with Gasteiger partial charge >= 0.3 is 5.69 Å². The van der Waals surface area contributed by atoms with Gasteiger partial charge in [-0.1, -0.05) is 17.1 Å². The standard InChI is InChI=1S/C5H2BClN2O2/c6-3-1-4(9(10)11)5(7)8-2-3/h1-2H. The van der Waals surface area contributed by atoms with E-state index in [1.54, 1.807) is 0 Å². The van der Waals surface area contributed by atoms with Crippen molar-refractivity contribution in [3.05, 3.63) is 27.5 Å². The predicted octanol–water partition coefficient (Wildman–Crippen LogP) is 0.437. The van der Waals surface area contributed by atoms with Crippen molar-refractivity contribution < 1.29 is 4.92 Å². The van der Waals surface area contributed by atoms with Crippen molar-refractivity contribution in [1.29, 1.82) is 0 Å². The molecule has 0 fully saturated rings. The molecule has 0 amide bonds. The number of aromatic nitrogens is 1. The molecular weight excluding hydrogens is 166 g/mol. The summed E-state index contributed by atoms with van der Waals surface area (Å²) in [4.78, 5) is 13.1. The Labute approximate surface area is 68.8 Å². The molecule has 0 aliphatic rings. The Morgan fingerprint density at radius 2 is 2.36 bits per heavy atom. The minimum Gasteiger partial charge on any atom is -0.258 e. The molecule has 0 spiro atoms. The maximum absolute atomic E-state index is 10.2. The Bertz CT molecular complexity index is 305. The van der Waals surface area contributed by atoms with Crippen molar-refractivity contribution in [3.63, 3.8) is 0 Å². The molecule has 0 saturated heterocycles. The van der Waals surface area contributed by atoms with Crippen LogP contribution in [0.4, 0.5) is 5.69 Å². The van der Waals surface area contributed by atoms with Gasteiger partial charge in [-0.3, -0.25) is 10.1 Å². The van der Waals surface area contributed by atoms with Gasteiger partial charge in [0.25, 0.3) is 0 Å². The second-order valence-corrected chi connectivity index (χ2v) is 2.19. The van der Waals surface area contributed by atoms with Crippen LogP contribution < -0.4 is 5.46 Å². The molecule has 0 saturated carbocycles. The summed E-state index contributed by atoms with van der Waals surface area (Å²) in [6, 6.07) is 1.16. The fourth-order valence-electron chi connectivity index (χ4n) is 0.580. The van der Waals surface area contributed by atoms with E-state index in [9.17, 15) is 10.1 Å². The third kappa shape index (κ3) is 1.68. The quantitative estimate of drug-likeness (QED) is 0.264. The van der Waals surface area contributed by atoms with Crippen LogP contribution in [0.15, 0.2) is 12.3 Å². The molecule has 0 aliphatic carbocycles. The van der Waals surface area contributed by atoms with Crippen LogP contribution in [-0.4, -0.2) is 17.8 Å². The number of hydrogen-bond acceptors (Lipinski definition) is 3. The largest absolute Gasteiger partial charge is 0.305 e. The fraction of sp³-hybridized carbons (Fsp3) is 0. The molecule has 6 heteroatoms. The first kappa shape index (κ1) is 8.01. The van der Waals surface area contributed by atoms with E-state index in [0.29, 0.717) is 0 Å². The summed E-state index contributed by atoms with van der Waals surface area (Å²) in [6.45, 7) is 0. The van der Waals surface area contributed by atoms with Crippen molar-refractivity contribution >= 4 is 30.6 Å². The van der Waals surface area contributed by atoms with Gasteiger partial charge in [0.05, 0.1) is 4.92 Å². The third-order valence-electron chi connectivity index (χ3n) is 1.04. The van der Waals surface area contributed by atoms with Gasteiger partial charge in [0, 0.05) is 12.3 Å². The highest BCUT2D eigenvalue weighted by molar-refractivity contribution is 6.34. The van der Waals surface area contributed by atoms with Gasteiger partial charge in [-0.15, -0.1) is 0 Å². The van der Waals surface area contributed by atoms with Crippen molar-refractivity contribution in [1.82, 2.24) is 4.98 Å². The molecule has 0 unspecified atom stereocenters. The monoisotopic (exact) mass is 168 g/mol. The average Bonchev–Trinajstić information content (AvgIpc) is 1.94. The first-order valence-corrected chi connectivity index (χ1v) is 3.04. The molecule has 54 valence electrons. The van der Waals surface area contributed by atoms with Crippen LogP contribution in [-0.2, 0) is 0 Å². The zero-order valence-electron chi connectivity index (χ0n) is 5.32. The van der Waals surface area contributed by atoms with E-state index in [2.05, 4.69) is 4.98 Å². The van der Waals surface area contributed by atoms with Gasteiger partial charge in [-0.2, -0.15) is 0 Å². The number of nitrogens with zero attached hydrogens (tertiary/aromatic N) is 2. The number of rotatable bonds is 1. The Hall–Kier alpha value is -1.10. The summed E-state index contributed by atoms with van der Waals surface area (Å²) in [5.74, 6) is 0. The normalized spacial score (nSPS) is 9.55. The van der Waals surface area contributed by atoms with Crippen molar-refractivity contribution in [3.8, 4) is 0 Å². The lowest BCUT2D eigenvalue weighted by atomic mass is 9.99. The van der Waals surface area contributed by atoms with Crippen LogP contribution in [0.5, 0.6) is 0 Å². The van der Waals surface area contributed by atoms with E-state index in [0.717, 1.165) is 6.07 Å². The molecule has 1 aromatic rings. The minimum absolute atomic E-state index is 0.149. The molecule has 11 heavy (non-hydrogen) atoms. The Kier molecular flexibility index (Phi) is 2.09. The lowest BCUT2D eigenvalue weighted by Gasteiger charge is -1.94. The molecule has 0 bridgehead atoms. The van der Waals surface area contributed by atoms with E-state index in [1.807, 2.05) is 0 Å². The molecular formula is C5H2BClN2O2. The maximum Gasteiger partial charge on any atom is 0.305 e. The van der Waals surface area contributed by atoms with E-state index in [4.69, 9.17) is 19.4 Å². The summed E-state index contributed by atoms with van der Waals surface area (Å²) in [5.41, 5.74) is -0.0484. The van der Waals surface area contributed by atoms with Crippen LogP contribution in [0.2, 0.25) is 5.15 Å². The van der Waals surface area contributed by atoms with Crippen LogP contribution >= 0.6 is 11.6 Å². The van der Waals surface area contributed by atoms with Gasteiger partial charge in [0.1, 0.15) is 7.85 Å². The van der Waals surface area contributed by atoms with Gasteiger partial charge in [0.15, 0.2) is 0 Å². The summed E-state index contributed by atoms with van der Waals surface area (Å²) < 4.78 is 0. The highest BCUT2D eigenvalue weighted by atomic mass is 35.5. The SMILES string of the molecule is [B]c1cnc(Cl)c([N+](=O)[O-])c1. The second-order valence-electron chi connectivity index (χ2n) is 1.84. The molecule has 0 aromatic carbocycles. The molecule has 1 aromatic heterocycles. The molecule has 1 heterocycles. The van der Waals surface area contributed by atoms with E-state index in [1.165, 1.54) is 6.20 Å². The molecule has 1 rings (SSSR count). The smallest absolute Gasteiger partial charge is 0.258 e. The van der Waals surface area contributed by atoms with Gasteiger partial charge in [-0.25, -0.2) is 4.98 Å². The van der Waals surface area contributed by atoms with Crippen LogP contribution in [0.1, 0.15) is 0 Å². The first-order chi connectivity index (χ1) is 5.11. The first-order valence-electron chi connectivity index (χ1n) is 2.66. The van der Waals surface area contributed by atoms with E-state index in [-0.39, 0.29) is 16.3 Å². The lowest BCUT2D eigenvalue weighted by molar-refractivity contribution is -0.384.